The van der Waals surface area contributed by atoms with Crippen LogP contribution < -0.4 is 10.6 Å². The summed E-state index contributed by atoms with van der Waals surface area (Å²) in [5, 5.41) is 4.21. The smallest absolute Gasteiger partial charge is 0.343 e. The van der Waals surface area contributed by atoms with Gasteiger partial charge in [-0.1, -0.05) is 23.8 Å². The summed E-state index contributed by atoms with van der Waals surface area (Å²) in [5.74, 6) is -2.31. The summed E-state index contributed by atoms with van der Waals surface area (Å²) in [7, 11) is 0. The molecule has 0 radical (unpaired) electrons. The monoisotopic (exact) mass is 396 g/mol. The maximum atomic E-state index is 14.1. The Morgan fingerprint density at radius 2 is 1.71 bits per heavy atom. The molecule has 0 aliphatic carbocycles. The number of anilines is 1. The summed E-state index contributed by atoms with van der Waals surface area (Å²) in [6.07, 6.45) is -4.54. The summed E-state index contributed by atoms with van der Waals surface area (Å²) in [4.78, 5) is 24.2. The molecule has 4 nitrogen and oxygen atoms in total. The zero-order chi connectivity index (χ0) is 21.1. The molecule has 0 spiro atoms. The lowest BCUT2D eigenvalue weighted by Crippen LogP contribution is -2.33. The molecule has 0 saturated carbocycles. The number of rotatable bonds is 5. The van der Waals surface area contributed by atoms with E-state index in [1.165, 1.54) is 6.92 Å². The first kappa shape index (κ1) is 21.4. The van der Waals surface area contributed by atoms with Crippen LogP contribution in [-0.2, 0) is 11.2 Å². The summed E-state index contributed by atoms with van der Waals surface area (Å²) < 4.78 is 50.9. The van der Waals surface area contributed by atoms with Crippen LogP contribution in [0.15, 0.2) is 30.3 Å². The average Bonchev–Trinajstić information content (AvgIpc) is 2.59. The maximum Gasteiger partial charge on any atom is 0.405 e. The van der Waals surface area contributed by atoms with Crippen LogP contribution in [0.5, 0.6) is 0 Å². The van der Waals surface area contributed by atoms with Gasteiger partial charge in [0.15, 0.2) is 0 Å². The Kier molecular flexibility index (Phi) is 6.43. The summed E-state index contributed by atoms with van der Waals surface area (Å²) >= 11 is 0. The van der Waals surface area contributed by atoms with E-state index in [2.05, 4.69) is 5.32 Å². The Balaban J connectivity index is 2.18. The van der Waals surface area contributed by atoms with E-state index in [1.807, 2.05) is 32.0 Å². The number of nitrogens with one attached hydrogen (secondary N) is 2. The number of carbonyl (C=O) groups is 2. The zero-order valence-corrected chi connectivity index (χ0v) is 15.6. The molecule has 0 saturated heterocycles. The largest absolute Gasteiger partial charge is 0.405 e. The molecule has 0 heterocycles. The van der Waals surface area contributed by atoms with Gasteiger partial charge in [0.05, 0.1) is 6.42 Å². The maximum absolute atomic E-state index is 14.1. The number of carbonyl (C=O) groups excluding carboxylic acids is 2. The van der Waals surface area contributed by atoms with Crippen molar-refractivity contribution in [2.24, 2.45) is 0 Å². The SMILES string of the molecule is Cc1ccc(C)c(CC(=O)Nc2cc(C(=O)NCC(F)(F)F)cc(F)c2C)c1. The van der Waals surface area contributed by atoms with E-state index < -0.39 is 30.4 Å². The van der Waals surface area contributed by atoms with Crippen molar-refractivity contribution in [1.29, 1.82) is 0 Å². The van der Waals surface area contributed by atoms with Crippen molar-refractivity contribution in [3.8, 4) is 0 Å². The van der Waals surface area contributed by atoms with E-state index in [1.54, 1.807) is 5.32 Å². The van der Waals surface area contributed by atoms with Gasteiger partial charge >= 0.3 is 6.18 Å². The lowest BCUT2D eigenvalue weighted by Gasteiger charge is -2.13. The Morgan fingerprint density at radius 1 is 1.04 bits per heavy atom. The predicted molar refractivity (Wildman–Crippen MR) is 97.8 cm³/mol. The molecule has 0 aliphatic heterocycles. The quantitative estimate of drug-likeness (QED) is 0.744. The molecular weight excluding hydrogens is 376 g/mol. The number of hydrogen-bond acceptors (Lipinski definition) is 2. The van der Waals surface area contributed by atoms with Crippen molar-refractivity contribution < 1.29 is 27.2 Å². The van der Waals surface area contributed by atoms with Crippen molar-refractivity contribution in [2.75, 3.05) is 11.9 Å². The van der Waals surface area contributed by atoms with Crippen molar-refractivity contribution in [2.45, 2.75) is 33.4 Å². The topological polar surface area (TPSA) is 58.2 Å². The van der Waals surface area contributed by atoms with Crippen LogP contribution in [0.4, 0.5) is 23.2 Å². The fourth-order valence-electron chi connectivity index (χ4n) is 2.58. The van der Waals surface area contributed by atoms with Crippen LogP contribution in [0.1, 0.15) is 32.6 Å². The highest BCUT2D eigenvalue weighted by Gasteiger charge is 2.28. The highest BCUT2D eigenvalue weighted by atomic mass is 19.4. The predicted octanol–water partition coefficient (Wildman–Crippen LogP) is 4.22. The first-order valence-corrected chi connectivity index (χ1v) is 8.47. The van der Waals surface area contributed by atoms with Gasteiger partial charge in [0.1, 0.15) is 12.4 Å². The second-order valence-corrected chi connectivity index (χ2v) is 6.58. The molecule has 0 aromatic heterocycles. The van der Waals surface area contributed by atoms with Crippen LogP contribution in [0.3, 0.4) is 0 Å². The van der Waals surface area contributed by atoms with Crippen LogP contribution in [0.25, 0.3) is 0 Å². The van der Waals surface area contributed by atoms with E-state index in [-0.39, 0.29) is 23.2 Å². The second kappa shape index (κ2) is 8.41. The van der Waals surface area contributed by atoms with Crippen LogP contribution in [0.2, 0.25) is 0 Å². The first-order chi connectivity index (χ1) is 13.0. The first-order valence-electron chi connectivity index (χ1n) is 8.47. The minimum absolute atomic E-state index is 0.0347. The van der Waals surface area contributed by atoms with Gasteiger partial charge < -0.3 is 10.6 Å². The Labute approximate surface area is 159 Å². The molecule has 2 N–H and O–H groups in total. The molecule has 2 aromatic carbocycles. The van der Waals surface area contributed by atoms with Crippen LogP contribution in [-0.4, -0.2) is 24.5 Å². The third-order valence-corrected chi connectivity index (χ3v) is 4.19. The third-order valence-electron chi connectivity index (χ3n) is 4.19. The molecule has 0 aliphatic rings. The van der Waals surface area contributed by atoms with Crippen molar-refractivity contribution in [3.63, 3.8) is 0 Å². The van der Waals surface area contributed by atoms with Gasteiger partial charge in [-0.05, 0) is 44.0 Å². The molecule has 2 amide bonds. The van der Waals surface area contributed by atoms with Gasteiger partial charge in [0, 0.05) is 16.8 Å². The van der Waals surface area contributed by atoms with E-state index in [0.29, 0.717) is 0 Å². The molecule has 0 atom stereocenters. The fourth-order valence-corrected chi connectivity index (χ4v) is 2.58. The molecule has 2 rings (SSSR count). The minimum Gasteiger partial charge on any atom is -0.343 e. The molecule has 0 fully saturated rings. The zero-order valence-electron chi connectivity index (χ0n) is 15.6. The summed E-state index contributed by atoms with van der Waals surface area (Å²) in [6, 6.07) is 7.66. The van der Waals surface area contributed by atoms with Gasteiger partial charge in [-0.3, -0.25) is 9.59 Å². The van der Waals surface area contributed by atoms with Gasteiger partial charge in [0.25, 0.3) is 5.91 Å². The average molecular weight is 396 g/mol. The van der Waals surface area contributed by atoms with E-state index in [9.17, 15) is 27.2 Å². The number of aryl methyl sites for hydroxylation is 2. The van der Waals surface area contributed by atoms with Crippen molar-refractivity contribution in [1.82, 2.24) is 5.32 Å². The Morgan fingerprint density at radius 3 is 2.36 bits per heavy atom. The highest BCUT2D eigenvalue weighted by molar-refractivity contribution is 5.98. The number of hydrogen-bond donors (Lipinski definition) is 2. The van der Waals surface area contributed by atoms with Crippen LogP contribution in [0, 0.1) is 26.6 Å². The Bertz CT molecular complexity index is 908. The van der Waals surface area contributed by atoms with Crippen LogP contribution >= 0.6 is 0 Å². The Hall–Kier alpha value is -2.90. The van der Waals surface area contributed by atoms with Gasteiger partial charge in [-0.25, -0.2) is 4.39 Å². The normalized spacial score (nSPS) is 11.2. The lowest BCUT2D eigenvalue weighted by molar-refractivity contribution is -0.123. The molecular formula is C20H20F4N2O2. The lowest BCUT2D eigenvalue weighted by atomic mass is 10.0. The van der Waals surface area contributed by atoms with Crippen molar-refractivity contribution >= 4 is 17.5 Å². The van der Waals surface area contributed by atoms with Gasteiger partial charge in [-0.15, -0.1) is 0 Å². The van der Waals surface area contributed by atoms with E-state index in [4.69, 9.17) is 0 Å². The fraction of sp³-hybridized carbons (Fsp3) is 0.300. The summed E-state index contributed by atoms with van der Waals surface area (Å²) in [5.41, 5.74) is 2.51. The summed E-state index contributed by atoms with van der Waals surface area (Å²) in [6.45, 7) is 3.62. The standard InChI is InChI=1S/C20H20F4N2O2/c1-11-4-5-12(2)14(6-11)9-18(27)26-17-8-15(7-16(21)13(17)3)19(28)25-10-20(22,23)24/h4-8H,9-10H2,1-3H3,(H,25,28)(H,26,27). The molecule has 2 aromatic rings. The van der Waals surface area contributed by atoms with Crippen molar-refractivity contribution in [3.05, 3.63) is 64.0 Å². The van der Waals surface area contributed by atoms with Gasteiger partial charge in [-0.2, -0.15) is 13.2 Å². The molecule has 0 bridgehead atoms. The third kappa shape index (κ3) is 5.80. The number of amides is 2. The minimum atomic E-state index is -4.58. The number of alkyl halides is 3. The van der Waals surface area contributed by atoms with Gasteiger partial charge in [0.2, 0.25) is 5.91 Å². The number of benzene rings is 2. The second-order valence-electron chi connectivity index (χ2n) is 6.58. The molecule has 28 heavy (non-hydrogen) atoms. The van der Waals surface area contributed by atoms with E-state index in [0.717, 1.165) is 28.8 Å². The van der Waals surface area contributed by atoms with E-state index >= 15 is 0 Å². The number of halogens is 4. The molecule has 150 valence electrons. The molecule has 0 unspecified atom stereocenters. The highest BCUT2D eigenvalue weighted by Crippen LogP contribution is 2.22. The molecule has 8 heteroatoms.